The van der Waals surface area contributed by atoms with Gasteiger partial charge >= 0.3 is 0 Å². The van der Waals surface area contributed by atoms with Crippen LogP contribution in [0, 0.1) is 12.8 Å². The Labute approximate surface area is 184 Å². The number of halogens is 3. The van der Waals surface area contributed by atoms with Crippen LogP contribution in [0.5, 0.6) is 0 Å². The first-order valence-corrected chi connectivity index (χ1v) is 10.7. The molecule has 8 heteroatoms. The number of aryl methyl sites for hydroxylation is 1. The van der Waals surface area contributed by atoms with Gasteiger partial charge in [-0.3, -0.25) is 14.5 Å². The van der Waals surface area contributed by atoms with E-state index in [4.69, 9.17) is 34.8 Å². The number of nitrogens with zero attached hydrogens (tertiary/aromatic N) is 2. The third-order valence-electron chi connectivity index (χ3n) is 5.76. The predicted molar refractivity (Wildman–Crippen MR) is 116 cm³/mol. The molecule has 0 spiro atoms. The summed E-state index contributed by atoms with van der Waals surface area (Å²) < 4.78 is 0.160. The lowest BCUT2D eigenvalue weighted by Crippen LogP contribution is -2.60. The number of likely N-dealkylation sites (tertiary alicyclic amines) is 1. The van der Waals surface area contributed by atoms with Gasteiger partial charge in [0.05, 0.1) is 0 Å². The highest BCUT2D eigenvalue weighted by Crippen LogP contribution is 2.39. The molecule has 1 amide bonds. The van der Waals surface area contributed by atoms with E-state index >= 15 is 0 Å². The summed E-state index contributed by atoms with van der Waals surface area (Å²) in [4.78, 5) is 27.0. The van der Waals surface area contributed by atoms with Gasteiger partial charge in [-0.15, -0.1) is 0 Å². The van der Waals surface area contributed by atoms with E-state index in [0.717, 1.165) is 17.7 Å². The Morgan fingerprint density at radius 2 is 1.83 bits per heavy atom. The summed E-state index contributed by atoms with van der Waals surface area (Å²) in [7, 11) is 0. The highest BCUT2D eigenvalue weighted by Gasteiger charge is 2.44. The number of carbonyl (C=O) groups is 1. The Balaban J connectivity index is 1.58. The number of alkyl halides is 3. The van der Waals surface area contributed by atoms with Crippen molar-refractivity contribution in [3.8, 4) is 0 Å². The Hall–Kier alpha value is -1.53. The van der Waals surface area contributed by atoms with Crippen molar-refractivity contribution in [3.05, 3.63) is 69.6 Å². The quantitative estimate of drug-likeness (QED) is 0.720. The van der Waals surface area contributed by atoms with Crippen molar-refractivity contribution in [2.24, 2.45) is 5.92 Å². The predicted octanol–water partition coefficient (Wildman–Crippen LogP) is 3.70. The number of nitrogens with one attached hydrogen (secondary N) is 1. The van der Waals surface area contributed by atoms with Gasteiger partial charge in [-0.2, -0.15) is 0 Å². The van der Waals surface area contributed by atoms with E-state index < -0.39 is 9.96 Å². The van der Waals surface area contributed by atoms with Crippen LogP contribution in [-0.2, 0) is 6.54 Å². The average molecular weight is 455 g/mol. The number of amides is 1. The third kappa shape index (κ3) is 4.33. The molecule has 3 atom stereocenters. The second-order valence-electron chi connectivity index (χ2n) is 7.94. The minimum Gasteiger partial charge on any atom is -0.332 e. The van der Waals surface area contributed by atoms with Gasteiger partial charge < -0.3 is 9.88 Å². The van der Waals surface area contributed by atoms with Crippen molar-refractivity contribution < 1.29 is 4.79 Å². The third-order valence-corrected chi connectivity index (χ3v) is 6.38. The van der Waals surface area contributed by atoms with E-state index in [1.165, 1.54) is 0 Å². The Morgan fingerprint density at radius 3 is 2.52 bits per heavy atom. The highest BCUT2D eigenvalue weighted by molar-refractivity contribution is 6.68. The molecule has 5 nitrogen and oxygen atoms in total. The lowest BCUT2D eigenvalue weighted by Gasteiger charge is -2.47. The smallest absolute Gasteiger partial charge is 0.252 e. The number of carbonyl (C=O) groups excluding carboxylic acids is 1. The van der Waals surface area contributed by atoms with Crippen molar-refractivity contribution in [1.82, 2.24) is 14.8 Å². The van der Waals surface area contributed by atoms with E-state index in [9.17, 15) is 9.59 Å². The molecule has 3 heterocycles. The van der Waals surface area contributed by atoms with Crippen LogP contribution in [0.25, 0.3) is 0 Å². The van der Waals surface area contributed by atoms with Crippen LogP contribution in [0.1, 0.15) is 34.0 Å². The summed E-state index contributed by atoms with van der Waals surface area (Å²) >= 11 is 18.9. The van der Waals surface area contributed by atoms with Crippen molar-refractivity contribution in [2.45, 2.75) is 35.8 Å². The molecule has 1 N–H and O–H groups in total. The zero-order chi connectivity index (χ0) is 20.8. The zero-order valence-electron chi connectivity index (χ0n) is 15.9. The fourth-order valence-electron chi connectivity index (χ4n) is 4.44. The van der Waals surface area contributed by atoms with E-state index in [-0.39, 0.29) is 23.3 Å². The average Bonchev–Trinajstić information content (AvgIpc) is 2.66. The number of pyridine rings is 1. The maximum atomic E-state index is 12.8. The van der Waals surface area contributed by atoms with Gasteiger partial charge in [0.25, 0.3) is 11.5 Å². The molecule has 154 valence electrons. The first-order chi connectivity index (χ1) is 13.7. The van der Waals surface area contributed by atoms with Gasteiger partial charge in [0.2, 0.25) is 3.79 Å². The van der Waals surface area contributed by atoms with Crippen LogP contribution < -0.4 is 10.9 Å². The molecule has 0 saturated carbocycles. The molecule has 1 aromatic heterocycles. The summed E-state index contributed by atoms with van der Waals surface area (Å²) in [5.41, 5.74) is 2.61. The first kappa shape index (κ1) is 20.7. The Bertz CT molecular complexity index is 968. The molecule has 2 aromatic rings. The molecular formula is C21H22Cl3N3O2. The lowest BCUT2D eigenvalue weighted by molar-refractivity contribution is 0.0586. The van der Waals surface area contributed by atoms with E-state index in [1.807, 2.05) is 34.6 Å². The SMILES string of the molecule is Cc1ccc(C(=O)NC(N2C[C@H]3C[C@H](C2)c2cccc(=O)n2C3)C(Cl)(Cl)Cl)cc1. The number of rotatable bonds is 3. The van der Waals surface area contributed by atoms with Crippen molar-refractivity contribution in [2.75, 3.05) is 13.1 Å². The number of fused-ring (bicyclic) bond motifs is 4. The molecular weight excluding hydrogens is 433 g/mol. The fraction of sp³-hybridized carbons (Fsp3) is 0.429. The summed E-state index contributed by atoms with van der Waals surface area (Å²) in [5, 5.41) is 2.91. The van der Waals surface area contributed by atoms with Crippen LogP contribution in [0.2, 0.25) is 0 Å². The lowest BCUT2D eigenvalue weighted by atomic mass is 9.83. The van der Waals surface area contributed by atoms with E-state index in [0.29, 0.717) is 25.2 Å². The molecule has 1 saturated heterocycles. The molecule has 1 fully saturated rings. The maximum absolute atomic E-state index is 12.8. The molecule has 1 unspecified atom stereocenters. The van der Waals surface area contributed by atoms with Crippen LogP contribution in [0.3, 0.4) is 0 Å². The number of hydrogen-bond acceptors (Lipinski definition) is 3. The first-order valence-electron chi connectivity index (χ1n) is 9.60. The summed E-state index contributed by atoms with van der Waals surface area (Å²) in [6.07, 6.45) is 0.215. The highest BCUT2D eigenvalue weighted by atomic mass is 35.6. The molecule has 1 aromatic carbocycles. The number of benzene rings is 1. The van der Waals surface area contributed by atoms with Crippen LogP contribution in [0.4, 0.5) is 0 Å². The van der Waals surface area contributed by atoms with E-state index in [1.54, 1.807) is 24.3 Å². The zero-order valence-corrected chi connectivity index (χ0v) is 18.2. The van der Waals surface area contributed by atoms with Crippen LogP contribution in [-0.4, -0.2) is 38.4 Å². The number of aromatic nitrogens is 1. The molecule has 2 bridgehead atoms. The van der Waals surface area contributed by atoms with Crippen molar-refractivity contribution in [3.63, 3.8) is 0 Å². The largest absolute Gasteiger partial charge is 0.332 e. The minimum atomic E-state index is -1.69. The van der Waals surface area contributed by atoms with Gasteiger partial charge in [-0.25, -0.2) is 0 Å². The second kappa shape index (κ2) is 7.95. The molecule has 2 aliphatic rings. The Morgan fingerprint density at radius 1 is 1.10 bits per heavy atom. The fourth-order valence-corrected chi connectivity index (χ4v) is 5.01. The summed E-state index contributed by atoms with van der Waals surface area (Å²) in [6.45, 7) is 3.85. The standard InChI is InChI=1S/C21H22Cl3N3O2/c1-13-5-7-15(8-6-13)19(29)25-20(21(22,23)24)26-10-14-9-16(12-26)17-3-2-4-18(28)27(17)11-14/h2-8,14,16,20H,9-12H2,1H3,(H,25,29)/t14-,16-,20?/m1/s1. The van der Waals surface area contributed by atoms with Crippen molar-refractivity contribution in [1.29, 1.82) is 0 Å². The van der Waals surface area contributed by atoms with E-state index in [2.05, 4.69) is 5.32 Å². The molecule has 4 rings (SSSR count). The molecule has 0 aliphatic carbocycles. The minimum absolute atomic E-state index is 0.0243. The summed E-state index contributed by atoms with van der Waals surface area (Å²) in [6, 6.07) is 12.6. The number of hydrogen-bond donors (Lipinski definition) is 1. The summed E-state index contributed by atoms with van der Waals surface area (Å²) in [5.74, 6) is 0.128. The van der Waals surface area contributed by atoms with Gasteiger partial charge in [0, 0.05) is 42.9 Å². The van der Waals surface area contributed by atoms with Gasteiger partial charge in [0.15, 0.2) is 0 Å². The molecule has 2 aliphatic heterocycles. The monoisotopic (exact) mass is 453 g/mol. The van der Waals surface area contributed by atoms with Crippen LogP contribution >= 0.6 is 34.8 Å². The van der Waals surface area contributed by atoms with Gasteiger partial charge in [-0.05, 0) is 37.5 Å². The van der Waals surface area contributed by atoms with Crippen LogP contribution in [0.15, 0.2) is 47.3 Å². The second-order valence-corrected chi connectivity index (χ2v) is 10.3. The normalized spacial score (nSPS) is 22.6. The number of piperidine rings is 1. The van der Waals surface area contributed by atoms with Gasteiger partial charge in [0.1, 0.15) is 6.17 Å². The maximum Gasteiger partial charge on any atom is 0.252 e. The molecule has 0 radical (unpaired) electrons. The van der Waals surface area contributed by atoms with Crippen molar-refractivity contribution >= 4 is 40.7 Å². The Kier molecular flexibility index (Phi) is 5.68. The topological polar surface area (TPSA) is 54.3 Å². The van der Waals surface area contributed by atoms with Gasteiger partial charge in [-0.1, -0.05) is 58.6 Å². The molecule has 29 heavy (non-hydrogen) atoms.